The number of rotatable bonds is 7. The summed E-state index contributed by atoms with van der Waals surface area (Å²) in [6, 6.07) is 10.4. The van der Waals surface area contributed by atoms with Gasteiger partial charge in [0.2, 0.25) is 5.91 Å². The second-order valence-corrected chi connectivity index (χ2v) is 6.10. The quantitative estimate of drug-likeness (QED) is 0.755. The van der Waals surface area contributed by atoms with Crippen molar-refractivity contribution in [3.63, 3.8) is 0 Å². The number of thiocarbonyl (C=S) groups is 1. The van der Waals surface area contributed by atoms with Crippen LogP contribution in [0.15, 0.2) is 30.3 Å². The monoisotopic (exact) mass is 305 g/mol. The first-order valence-electron chi connectivity index (χ1n) is 7.48. The molecule has 0 unspecified atom stereocenters. The standard InChI is InChI=1S/C16H23N3OS/c17-15(21)11-19(14-8-4-5-9-14)12-16(20)18-10-13-6-2-1-3-7-13/h1-3,6-7,14H,4-5,8-12H2,(H2,17,21)(H,18,20). The summed E-state index contributed by atoms with van der Waals surface area (Å²) in [4.78, 5) is 14.7. The number of carbonyl (C=O) groups is 1. The highest BCUT2D eigenvalue weighted by Gasteiger charge is 2.24. The molecule has 0 spiro atoms. The molecule has 0 aromatic heterocycles. The number of carbonyl (C=O) groups excluding carboxylic acids is 1. The number of nitrogens with two attached hydrogens (primary N) is 1. The summed E-state index contributed by atoms with van der Waals surface area (Å²) in [5, 5.41) is 2.96. The van der Waals surface area contributed by atoms with E-state index in [9.17, 15) is 4.79 Å². The van der Waals surface area contributed by atoms with E-state index >= 15 is 0 Å². The van der Waals surface area contributed by atoms with Gasteiger partial charge in [-0.25, -0.2) is 0 Å². The SMILES string of the molecule is NC(=S)CN(CC(=O)NCc1ccccc1)C1CCCC1. The molecule has 1 aliphatic carbocycles. The second-order valence-electron chi connectivity index (χ2n) is 5.57. The highest BCUT2D eigenvalue weighted by atomic mass is 32.1. The molecule has 0 atom stereocenters. The summed E-state index contributed by atoms with van der Waals surface area (Å²) in [7, 11) is 0. The molecule has 0 radical (unpaired) electrons. The number of hydrogen-bond donors (Lipinski definition) is 2. The van der Waals surface area contributed by atoms with E-state index in [1.807, 2.05) is 30.3 Å². The molecule has 21 heavy (non-hydrogen) atoms. The molecule has 1 aliphatic rings. The van der Waals surface area contributed by atoms with Gasteiger partial charge in [-0.05, 0) is 18.4 Å². The molecule has 0 aliphatic heterocycles. The Kier molecular flexibility index (Phi) is 6.14. The van der Waals surface area contributed by atoms with Crippen molar-refractivity contribution >= 4 is 23.1 Å². The van der Waals surface area contributed by atoms with Gasteiger partial charge in [0.05, 0.1) is 11.5 Å². The van der Waals surface area contributed by atoms with Gasteiger partial charge in [0.25, 0.3) is 0 Å². The van der Waals surface area contributed by atoms with Gasteiger partial charge in [-0.1, -0.05) is 55.4 Å². The highest BCUT2D eigenvalue weighted by molar-refractivity contribution is 7.80. The Balaban J connectivity index is 1.83. The van der Waals surface area contributed by atoms with Gasteiger partial charge < -0.3 is 11.1 Å². The summed E-state index contributed by atoms with van der Waals surface area (Å²) in [5.74, 6) is 0.0296. The number of nitrogens with zero attached hydrogens (tertiary/aromatic N) is 1. The fourth-order valence-corrected chi connectivity index (χ4v) is 2.99. The minimum Gasteiger partial charge on any atom is -0.392 e. The van der Waals surface area contributed by atoms with Crippen LogP contribution in [-0.4, -0.2) is 34.9 Å². The molecular formula is C16H23N3OS. The van der Waals surface area contributed by atoms with Gasteiger partial charge >= 0.3 is 0 Å². The third kappa shape index (κ3) is 5.44. The van der Waals surface area contributed by atoms with E-state index in [4.69, 9.17) is 18.0 Å². The Bertz CT molecular complexity index is 472. The maximum atomic E-state index is 12.1. The van der Waals surface area contributed by atoms with Gasteiger partial charge in [-0.3, -0.25) is 9.69 Å². The summed E-state index contributed by atoms with van der Waals surface area (Å²) in [6.45, 7) is 1.46. The maximum Gasteiger partial charge on any atom is 0.234 e. The Hall–Kier alpha value is -1.46. The predicted molar refractivity (Wildman–Crippen MR) is 88.9 cm³/mol. The molecule has 1 aromatic rings. The van der Waals surface area contributed by atoms with Crippen LogP contribution in [0.2, 0.25) is 0 Å². The van der Waals surface area contributed by atoms with Crippen molar-refractivity contribution in [2.75, 3.05) is 13.1 Å². The number of nitrogens with one attached hydrogen (secondary N) is 1. The van der Waals surface area contributed by atoms with Crippen molar-refractivity contribution in [2.45, 2.75) is 38.3 Å². The smallest absolute Gasteiger partial charge is 0.234 e. The minimum absolute atomic E-state index is 0.0296. The molecule has 114 valence electrons. The zero-order valence-corrected chi connectivity index (χ0v) is 13.1. The van der Waals surface area contributed by atoms with Crippen molar-refractivity contribution in [1.82, 2.24) is 10.2 Å². The van der Waals surface area contributed by atoms with Crippen LogP contribution in [0, 0.1) is 0 Å². The summed E-state index contributed by atoms with van der Waals surface area (Å²) in [5.41, 5.74) is 6.76. The zero-order chi connectivity index (χ0) is 15.1. The van der Waals surface area contributed by atoms with E-state index in [1.54, 1.807) is 0 Å². The molecule has 0 heterocycles. The Morgan fingerprint density at radius 1 is 1.24 bits per heavy atom. The first kappa shape index (κ1) is 15.9. The fraction of sp³-hybridized carbons (Fsp3) is 0.500. The normalized spacial score (nSPS) is 15.3. The molecule has 1 aromatic carbocycles. The van der Waals surface area contributed by atoms with Crippen molar-refractivity contribution in [1.29, 1.82) is 0 Å². The van der Waals surface area contributed by atoms with Crippen LogP contribution in [0.5, 0.6) is 0 Å². The molecule has 1 saturated carbocycles. The van der Waals surface area contributed by atoms with Gasteiger partial charge in [-0.15, -0.1) is 0 Å². The van der Waals surface area contributed by atoms with Gasteiger partial charge in [-0.2, -0.15) is 0 Å². The number of amides is 1. The summed E-state index contributed by atoms with van der Waals surface area (Å²) >= 11 is 5.01. The van der Waals surface area contributed by atoms with Gasteiger partial charge in [0.15, 0.2) is 0 Å². The molecule has 1 fully saturated rings. The zero-order valence-electron chi connectivity index (χ0n) is 12.3. The Morgan fingerprint density at radius 3 is 2.52 bits per heavy atom. The molecular weight excluding hydrogens is 282 g/mol. The topological polar surface area (TPSA) is 58.4 Å². The number of hydrogen-bond acceptors (Lipinski definition) is 3. The Morgan fingerprint density at radius 2 is 1.90 bits per heavy atom. The van der Waals surface area contributed by atoms with E-state index < -0.39 is 0 Å². The van der Waals surface area contributed by atoms with Crippen molar-refractivity contribution < 1.29 is 4.79 Å². The van der Waals surface area contributed by atoms with Crippen LogP contribution < -0.4 is 11.1 Å². The van der Waals surface area contributed by atoms with Crippen molar-refractivity contribution in [3.8, 4) is 0 Å². The summed E-state index contributed by atoms with van der Waals surface area (Å²) < 4.78 is 0. The molecule has 5 heteroatoms. The molecule has 3 N–H and O–H groups in total. The average molecular weight is 305 g/mol. The molecule has 0 saturated heterocycles. The molecule has 4 nitrogen and oxygen atoms in total. The third-order valence-corrected chi connectivity index (χ3v) is 4.01. The third-order valence-electron chi connectivity index (χ3n) is 3.88. The lowest BCUT2D eigenvalue weighted by atomic mass is 10.2. The van der Waals surface area contributed by atoms with Crippen LogP contribution >= 0.6 is 12.2 Å². The highest BCUT2D eigenvalue weighted by Crippen LogP contribution is 2.23. The first-order chi connectivity index (χ1) is 10.1. The van der Waals surface area contributed by atoms with Gasteiger partial charge in [0, 0.05) is 19.1 Å². The lowest BCUT2D eigenvalue weighted by Gasteiger charge is -2.27. The van der Waals surface area contributed by atoms with Crippen LogP contribution in [0.4, 0.5) is 0 Å². The first-order valence-corrected chi connectivity index (χ1v) is 7.89. The van der Waals surface area contributed by atoms with Crippen LogP contribution in [-0.2, 0) is 11.3 Å². The van der Waals surface area contributed by atoms with Crippen LogP contribution in [0.25, 0.3) is 0 Å². The maximum absolute atomic E-state index is 12.1. The van der Waals surface area contributed by atoms with E-state index in [-0.39, 0.29) is 5.91 Å². The number of benzene rings is 1. The lowest BCUT2D eigenvalue weighted by Crippen LogP contribution is -2.45. The summed E-state index contributed by atoms with van der Waals surface area (Å²) in [6.07, 6.45) is 4.72. The Labute approximate surface area is 131 Å². The minimum atomic E-state index is 0.0296. The van der Waals surface area contributed by atoms with E-state index in [2.05, 4.69) is 10.2 Å². The van der Waals surface area contributed by atoms with Crippen LogP contribution in [0.3, 0.4) is 0 Å². The van der Waals surface area contributed by atoms with Crippen molar-refractivity contribution in [2.24, 2.45) is 5.73 Å². The molecule has 0 bridgehead atoms. The largest absolute Gasteiger partial charge is 0.392 e. The van der Waals surface area contributed by atoms with E-state index in [0.29, 0.717) is 30.7 Å². The molecule has 2 rings (SSSR count). The average Bonchev–Trinajstić information content (AvgIpc) is 2.99. The molecule has 1 amide bonds. The predicted octanol–water partition coefficient (Wildman–Crippen LogP) is 1.83. The van der Waals surface area contributed by atoms with E-state index in [1.165, 1.54) is 12.8 Å². The van der Waals surface area contributed by atoms with E-state index in [0.717, 1.165) is 18.4 Å². The van der Waals surface area contributed by atoms with Crippen molar-refractivity contribution in [3.05, 3.63) is 35.9 Å². The van der Waals surface area contributed by atoms with Crippen LogP contribution in [0.1, 0.15) is 31.2 Å². The fourth-order valence-electron chi connectivity index (χ4n) is 2.82. The second kappa shape index (κ2) is 8.10. The van der Waals surface area contributed by atoms with Gasteiger partial charge in [0.1, 0.15) is 0 Å². The lowest BCUT2D eigenvalue weighted by molar-refractivity contribution is -0.122.